The minimum Gasteiger partial charge on any atom is -0.381 e. The van der Waals surface area contributed by atoms with E-state index in [9.17, 15) is 10.1 Å². The summed E-state index contributed by atoms with van der Waals surface area (Å²) in [6, 6.07) is 6.42. The second kappa shape index (κ2) is 5.24. The molecule has 0 bridgehead atoms. The molecule has 6 nitrogen and oxygen atoms in total. The van der Waals surface area contributed by atoms with Crippen molar-refractivity contribution in [2.75, 3.05) is 18.5 Å². The van der Waals surface area contributed by atoms with Crippen LogP contribution in [0.4, 0.5) is 11.4 Å². The molecule has 6 heteroatoms. The van der Waals surface area contributed by atoms with Crippen molar-refractivity contribution in [3.05, 3.63) is 33.9 Å². The number of nitrogens with one attached hydrogen (secondary N) is 1. The van der Waals surface area contributed by atoms with Gasteiger partial charge in [0.15, 0.2) is 0 Å². The number of ether oxygens (including phenoxy) is 1. The van der Waals surface area contributed by atoms with Gasteiger partial charge in [-0.1, -0.05) is 0 Å². The van der Waals surface area contributed by atoms with Crippen molar-refractivity contribution in [2.45, 2.75) is 25.3 Å². The Morgan fingerprint density at radius 1 is 1.47 bits per heavy atom. The van der Waals surface area contributed by atoms with E-state index in [2.05, 4.69) is 12.2 Å². The van der Waals surface area contributed by atoms with Crippen molar-refractivity contribution >= 4 is 11.4 Å². The van der Waals surface area contributed by atoms with E-state index in [0.717, 1.165) is 12.8 Å². The van der Waals surface area contributed by atoms with Crippen LogP contribution in [0.1, 0.15) is 25.3 Å². The number of hydrogen-bond donors (Lipinski definition) is 1. The maximum Gasteiger partial charge on any atom is 0.289 e. The molecule has 0 atom stereocenters. The average molecular weight is 261 g/mol. The van der Waals surface area contributed by atoms with Crippen LogP contribution in [0.25, 0.3) is 0 Å². The van der Waals surface area contributed by atoms with E-state index in [0.29, 0.717) is 18.9 Å². The van der Waals surface area contributed by atoms with E-state index < -0.39 is 4.92 Å². The van der Waals surface area contributed by atoms with Gasteiger partial charge in [0.05, 0.1) is 4.92 Å². The van der Waals surface area contributed by atoms with Gasteiger partial charge in [-0.3, -0.25) is 10.1 Å². The molecule has 1 heterocycles. The summed E-state index contributed by atoms with van der Waals surface area (Å²) in [6.07, 6.45) is 1.70. The molecule has 0 aromatic heterocycles. The van der Waals surface area contributed by atoms with Crippen molar-refractivity contribution in [3.8, 4) is 6.07 Å². The van der Waals surface area contributed by atoms with Gasteiger partial charge in [0.1, 0.15) is 11.6 Å². The lowest BCUT2D eigenvalue weighted by Gasteiger charge is -2.35. The minimum absolute atomic E-state index is 0.0766. The Labute approximate surface area is 111 Å². The normalized spacial score (nSPS) is 17.5. The van der Waals surface area contributed by atoms with Gasteiger partial charge in [0.2, 0.25) is 0 Å². The van der Waals surface area contributed by atoms with Crippen LogP contribution >= 0.6 is 0 Å². The molecule has 0 radical (unpaired) electrons. The van der Waals surface area contributed by atoms with E-state index in [-0.39, 0.29) is 16.8 Å². The molecule has 1 saturated heterocycles. The lowest BCUT2D eigenvalue weighted by Crippen LogP contribution is -2.40. The highest BCUT2D eigenvalue weighted by atomic mass is 16.6. The number of nitro groups is 1. The standard InChI is InChI=1S/C13H15N3O3/c1-13(4-6-19-7-5-13)15-11-3-2-10(9-14)12(8-11)16(17)18/h2-3,8,15H,4-7H2,1H3. The molecule has 0 amide bonds. The highest BCUT2D eigenvalue weighted by molar-refractivity contribution is 5.59. The molecule has 1 aromatic rings. The first-order chi connectivity index (χ1) is 9.04. The monoisotopic (exact) mass is 261 g/mol. The van der Waals surface area contributed by atoms with E-state index in [1.807, 2.05) is 6.07 Å². The number of hydrogen-bond acceptors (Lipinski definition) is 5. The third kappa shape index (κ3) is 3.01. The summed E-state index contributed by atoms with van der Waals surface area (Å²) in [6.45, 7) is 3.43. The van der Waals surface area contributed by atoms with E-state index in [1.165, 1.54) is 12.1 Å². The van der Waals surface area contributed by atoms with Crippen molar-refractivity contribution in [1.82, 2.24) is 0 Å². The van der Waals surface area contributed by atoms with Crippen molar-refractivity contribution in [3.63, 3.8) is 0 Å². The molecular weight excluding hydrogens is 246 g/mol. The SMILES string of the molecule is CC1(Nc2ccc(C#N)c([N+](=O)[O-])c2)CCOCC1. The molecule has 1 aromatic carbocycles. The fourth-order valence-electron chi connectivity index (χ4n) is 2.15. The smallest absolute Gasteiger partial charge is 0.289 e. The van der Waals surface area contributed by atoms with E-state index >= 15 is 0 Å². The van der Waals surface area contributed by atoms with Gasteiger partial charge in [-0.25, -0.2) is 0 Å². The van der Waals surface area contributed by atoms with Gasteiger partial charge in [-0.05, 0) is 31.9 Å². The van der Waals surface area contributed by atoms with Crippen LogP contribution < -0.4 is 5.32 Å². The molecule has 1 N–H and O–H groups in total. The van der Waals surface area contributed by atoms with Crippen LogP contribution in [0.3, 0.4) is 0 Å². The van der Waals surface area contributed by atoms with Gasteiger partial charge in [-0.2, -0.15) is 5.26 Å². The van der Waals surface area contributed by atoms with Crippen LogP contribution in [0, 0.1) is 21.4 Å². The zero-order valence-electron chi connectivity index (χ0n) is 10.7. The van der Waals surface area contributed by atoms with Gasteiger partial charge in [0.25, 0.3) is 5.69 Å². The van der Waals surface area contributed by atoms with E-state index in [1.54, 1.807) is 6.07 Å². The number of nitro benzene ring substituents is 1. The summed E-state index contributed by atoms with van der Waals surface area (Å²) in [4.78, 5) is 10.4. The molecule has 0 saturated carbocycles. The zero-order chi connectivity index (χ0) is 13.9. The molecule has 0 spiro atoms. The van der Waals surface area contributed by atoms with Gasteiger partial charge in [0, 0.05) is 30.5 Å². The summed E-state index contributed by atoms with van der Waals surface area (Å²) in [5.74, 6) is 0. The summed E-state index contributed by atoms with van der Waals surface area (Å²) in [7, 11) is 0. The third-order valence-electron chi connectivity index (χ3n) is 3.36. The van der Waals surface area contributed by atoms with Crippen LogP contribution in [0.5, 0.6) is 0 Å². The maximum absolute atomic E-state index is 10.9. The second-order valence-corrected chi connectivity index (χ2v) is 4.90. The van der Waals surface area contributed by atoms with Crippen molar-refractivity contribution in [2.24, 2.45) is 0 Å². The predicted octanol–water partition coefficient (Wildman–Crippen LogP) is 2.45. The summed E-state index contributed by atoms with van der Waals surface area (Å²) in [5.41, 5.74) is 0.450. The van der Waals surface area contributed by atoms with Gasteiger partial charge >= 0.3 is 0 Å². The van der Waals surface area contributed by atoms with E-state index in [4.69, 9.17) is 10.00 Å². The van der Waals surface area contributed by atoms with Crippen LogP contribution in [-0.2, 0) is 4.74 Å². The van der Waals surface area contributed by atoms with Crippen LogP contribution in [0.15, 0.2) is 18.2 Å². The van der Waals surface area contributed by atoms with Gasteiger partial charge in [-0.15, -0.1) is 0 Å². The van der Waals surface area contributed by atoms with Gasteiger partial charge < -0.3 is 10.1 Å². The highest BCUT2D eigenvalue weighted by Gasteiger charge is 2.27. The zero-order valence-corrected chi connectivity index (χ0v) is 10.7. The Hall–Kier alpha value is -2.13. The summed E-state index contributed by atoms with van der Waals surface area (Å²) >= 11 is 0. The lowest BCUT2D eigenvalue weighted by atomic mass is 9.92. The summed E-state index contributed by atoms with van der Waals surface area (Å²) < 4.78 is 5.31. The highest BCUT2D eigenvalue weighted by Crippen LogP contribution is 2.28. The number of benzene rings is 1. The van der Waals surface area contributed by atoms with Crippen molar-refractivity contribution in [1.29, 1.82) is 5.26 Å². The first-order valence-corrected chi connectivity index (χ1v) is 6.08. The molecular formula is C13H15N3O3. The minimum atomic E-state index is -0.532. The molecule has 1 fully saturated rings. The average Bonchev–Trinajstić information content (AvgIpc) is 2.39. The molecule has 1 aliphatic heterocycles. The molecule has 100 valence electrons. The fraction of sp³-hybridized carbons (Fsp3) is 0.462. The molecule has 0 unspecified atom stereocenters. The Kier molecular flexibility index (Phi) is 3.67. The molecule has 0 aliphatic carbocycles. The Morgan fingerprint density at radius 2 is 2.16 bits per heavy atom. The second-order valence-electron chi connectivity index (χ2n) is 4.90. The van der Waals surface area contributed by atoms with Crippen LogP contribution in [-0.4, -0.2) is 23.7 Å². The first-order valence-electron chi connectivity index (χ1n) is 6.08. The molecule has 1 aliphatic rings. The third-order valence-corrected chi connectivity index (χ3v) is 3.36. The fourth-order valence-corrected chi connectivity index (χ4v) is 2.15. The number of rotatable bonds is 3. The summed E-state index contributed by atoms with van der Waals surface area (Å²) in [5, 5.41) is 23.1. The topological polar surface area (TPSA) is 88.2 Å². The largest absolute Gasteiger partial charge is 0.381 e. The Morgan fingerprint density at radius 3 is 2.74 bits per heavy atom. The molecule has 2 rings (SSSR count). The first kappa shape index (κ1) is 13.3. The number of nitrogens with zero attached hydrogens (tertiary/aromatic N) is 2. The van der Waals surface area contributed by atoms with Crippen LogP contribution in [0.2, 0.25) is 0 Å². The Bertz CT molecular complexity index is 530. The Balaban J connectivity index is 2.24. The lowest BCUT2D eigenvalue weighted by molar-refractivity contribution is -0.385. The number of nitriles is 1. The maximum atomic E-state index is 10.9. The predicted molar refractivity (Wildman–Crippen MR) is 69.9 cm³/mol. The van der Waals surface area contributed by atoms with Crippen molar-refractivity contribution < 1.29 is 9.66 Å². The number of anilines is 1. The molecule has 19 heavy (non-hydrogen) atoms. The quantitative estimate of drug-likeness (QED) is 0.666.